The number of imidazole rings is 1. The standard InChI is InChI=1S/C27H28N6O5S.C2HF3O2/c1-17(34)31(2)16-23-28-13-14-32(23)19-7-9-20(10-8-19)33-15-22(18-5-11-21(38-3)12-6-18)24-25(27(33)35)29-30-26(24)39(4,36)37;3-2(4,5)1(6)7/h5-14,22H,15-16H2,1-4H3,(H,29,30);(H,6,7). The molecule has 1 atom stereocenters. The Kier molecular flexibility index (Phi) is 9.55. The smallest absolute Gasteiger partial charge is 0.490 e. The van der Waals surface area contributed by atoms with Crippen molar-refractivity contribution >= 4 is 33.3 Å². The van der Waals surface area contributed by atoms with Crippen molar-refractivity contribution in [2.75, 3.05) is 31.9 Å². The first-order chi connectivity index (χ1) is 21.5. The number of H-pyrrole nitrogens is 1. The normalized spacial score (nSPS) is 14.6. The lowest BCUT2D eigenvalue weighted by molar-refractivity contribution is -0.192. The molecule has 0 saturated carbocycles. The molecule has 2 amide bonds. The molecule has 0 saturated heterocycles. The van der Waals surface area contributed by atoms with Gasteiger partial charge in [0, 0.05) is 62.0 Å². The van der Waals surface area contributed by atoms with Crippen LogP contribution in [0.3, 0.4) is 0 Å². The van der Waals surface area contributed by atoms with Gasteiger partial charge in [0.05, 0.1) is 13.7 Å². The molecule has 1 aliphatic heterocycles. The molecule has 2 aromatic heterocycles. The number of hydrogen-bond acceptors (Lipinski definition) is 8. The van der Waals surface area contributed by atoms with Crippen LogP contribution < -0.4 is 9.64 Å². The first kappa shape index (κ1) is 33.7. The van der Waals surface area contributed by atoms with Gasteiger partial charge in [-0.3, -0.25) is 14.7 Å². The average molecular weight is 663 g/mol. The number of ether oxygens (including phenoxy) is 1. The molecule has 0 spiro atoms. The molecule has 46 heavy (non-hydrogen) atoms. The molecule has 0 radical (unpaired) electrons. The molecule has 0 bridgehead atoms. The number of sulfone groups is 1. The van der Waals surface area contributed by atoms with Crippen LogP contribution in [0.4, 0.5) is 18.9 Å². The molecular weight excluding hydrogens is 633 g/mol. The number of anilines is 1. The summed E-state index contributed by atoms with van der Waals surface area (Å²) < 4.78 is 63.9. The second-order valence-electron chi connectivity index (χ2n) is 10.2. The minimum atomic E-state index is -5.08. The number of nitrogens with one attached hydrogen (secondary N) is 1. The summed E-state index contributed by atoms with van der Waals surface area (Å²) in [4.78, 5) is 41.7. The van der Waals surface area contributed by atoms with Crippen LogP contribution in [-0.4, -0.2) is 89.1 Å². The number of aromatic nitrogens is 4. The van der Waals surface area contributed by atoms with Crippen LogP contribution in [0.15, 0.2) is 66.0 Å². The van der Waals surface area contributed by atoms with E-state index in [1.165, 1.54) is 6.92 Å². The fourth-order valence-corrected chi connectivity index (χ4v) is 5.58. The van der Waals surface area contributed by atoms with Gasteiger partial charge in [0.2, 0.25) is 5.91 Å². The fourth-order valence-electron chi connectivity index (χ4n) is 4.73. The molecule has 2 aromatic carbocycles. The van der Waals surface area contributed by atoms with Crippen molar-refractivity contribution in [3.8, 4) is 11.4 Å². The third-order valence-corrected chi connectivity index (χ3v) is 8.14. The molecule has 1 unspecified atom stereocenters. The first-order valence-corrected chi connectivity index (χ1v) is 15.3. The number of carbonyl (C=O) groups excluding carboxylic acids is 2. The van der Waals surface area contributed by atoms with E-state index in [9.17, 15) is 31.2 Å². The number of carbonyl (C=O) groups is 3. The van der Waals surface area contributed by atoms with E-state index in [1.807, 2.05) is 47.2 Å². The summed E-state index contributed by atoms with van der Waals surface area (Å²) in [5.74, 6) is -2.25. The zero-order valence-corrected chi connectivity index (χ0v) is 25.8. The predicted molar refractivity (Wildman–Crippen MR) is 158 cm³/mol. The minimum absolute atomic E-state index is 0.0628. The third kappa shape index (κ3) is 7.20. The highest BCUT2D eigenvalue weighted by Gasteiger charge is 2.40. The maximum Gasteiger partial charge on any atom is 0.490 e. The Hall–Kier alpha value is -5.19. The van der Waals surface area contributed by atoms with Crippen molar-refractivity contribution in [1.29, 1.82) is 0 Å². The predicted octanol–water partition coefficient (Wildman–Crippen LogP) is 3.41. The Morgan fingerprint density at radius 2 is 1.70 bits per heavy atom. The molecular formula is C29H29F3N6O7S. The van der Waals surface area contributed by atoms with E-state index in [0.29, 0.717) is 29.4 Å². The quantitative estimate of drug-likeness (QED) is 0.301. The Morgan fingerprint density at radius 1 is 1.11 bits per heavy atom. The van der Waals surface area contributed by atoms with Crippen LogP contribution in [0.5, 0.6) is 5.75 Å². The molecule has 4 aromatic rings. The topological polar surface area (TPSA) is 168 Å². The van der Waals surface area contributed by atoms with E-state index in [1.54, 1.807) is 42.3 Å². The zero-order valence-electron chi connectivity index (χ0n) is 24.9. The molecule has 13 nitrogen and oxygen atoms in total. The number of carboxylic acids is 1. The molecule has 0 fully saturated rings. The number of methoxy groups -OCH3 is 1. The minimum Gasteiger partial charge on any atom is -0.497 e. The van der Waals surface area contributed by atoms with Gasteiger partial charge in [-0.1, -0.05) is 12.1 Å². The van der Waals surface area contributed by atoms with Gasteiger partial charge >= 0.3 is 12.1 Å². The van der Waals surface area contributed by atoms with Gasteiger partial charge in [0.25, 0.3) is 5.91 Å². The maximum absolute atomic E-state index is 13.6. The Bertz CT molecular complexity index is 1850. The van der Waals surface area contributed by atoms with E-state index < -0.39 is 27.9 Å². The number of hydrogen-bond donors (Lipinski definition) is 2. The lowest BCUT2D eigenvalue weighted by Crippen LogP contribution is -2.40. The summed E-state index contributed by atoms with van der Waals surface area (Å²) in [6.45, 7) is 2.07. The fraction of sp³-hybridized carbons (Fsp3) is 0.276. The molecule has 17 heteroatoms. The Labute approximate surface area is 261 Å². The van der Waals surface area contributed by atoms with Crippen LogP contribution in [0, 0.1) is 0 Å². The number of nitrogens with zero attached hydrogens (tertiary/aromatic N) is 5. The number of aromatic amines is 1. The van der Waals surface area contributed by atoms with Gasteiger partial charge < -0.3 is 24.2 Å². The summed E-state index contributed by atoms with van der Waals surface area (Å²) in [7, 11) is -0.394. The van der Waals surface area contributed by atoms with Crippen molar-refractivity contribution in [3.63, 3.8) is 0 Å². The van der Waals surface area contributed by atoms with Crippen LogP contribution >= 0.6 is 0 Å². The van der Waals surface area contributed by atoms with Gasteiger partial charge in [0.15, 0.2) is 14.9 Å². The molecule has 1 aliphatic rings. The number of fused-ring (bicyclic) bond motifs is 1. The van der Waals surface area contributed by atoms with Gasteiger partial charge in [0.1, 0.15) is 17.3 Å². The third-order valence-electron chi connectivity index (χ3n) is 7.13. The monoisotopic (exact) mass is 662 g/mol. The number of alkyl halides is 3. The molecule has 2 N–H and O–H groups in total. The summed E-state index contributed by atoms with van der Waals surface area (Å²) in [5, 5.41) is 13.7. The Balaban J connectivity index is 0.000000617. The molecule has 3 heterocycles. The largest absolute Gasteiger partial charge is 0.497 e. The highest BCUT2D eigenvalue weighted by Crippen LogP contribution is 2.39. The van der Waals surface area contributed by atoms with Gasteiger partial charge in [-0.25, -0.2) is 18.2 Å². The van der Waals surface area contributed by atoms with E-state index in [-0.39, 0.29) is 29.1 Å². The second-order valence-corrected chi connectivity index (χ2v) is 12.2. The van der Waals surface area contributed by atoms with Gasteiger partial charge in [-0.05, 0) is 42.0 Å². The highest BCUT2D eigenvalue weighted by molar-refractivity contribution is 7.90. The number of aliphatic carboxylic acids is 1. The van der Waals surface area contributed by atoms with Crippen molar-refractivity contribution in [2.45, 2.75) is 30.6 Å². The highest BCUT2D eigenvalue weighted by atomic mass is 32.2. The van der Waals surface area contributed by atoms with Crippen LogP contribution in [-0.2, 0) is 26.0 Å². The van der Waals surface area contributed by atoms with E-state index in [4.69, 9.17) is 14.6 Å². The van der Waals surface area contributed by atoms with E-state index in [2.05, 4.69) is 15.2 Å². The van der Waals surface area contributed by atoms with Crippen LogP contribution in [0.2, 0.25) is 0 Å². The lowest BCUT2D eigenvalue weighted by Gasteiger charge is -2.33. The summed E-state index contributed by atoms with van der Waals surface area (Å²) in [5.41, 5.74) is 2.82. The Morgan fingerprint density at radius 3 is 2.22 bits per heavy atom. The van der Waals surface area contributed by atoms with Crippen molar-refractivity contribution < 1.29 is 45.8 Å². The number of amides is 2. The summed E-state index contributed by atoms with van der Waals surface area (Å²) >= 11 is 0. The molecule has 5 rings (SSSR count). The number of benzene rings is 2. The maximum atomic E-state index is 13.6. The molecule has 244 valence electrons. The van der Waals surface area contributed by atoms with Gasteiger partial charge in [-0.2, -0.15) is 18.3 Å². The summed E-state index contributed by atoms with van der Waals surface area (Å²) in [6.07, 6.45) is -0.514. The number of carboxylic acid groups (broad SMARTS) is 1. The van der Waals surface area contributed by atoms with E-state index >= 15 is 0 Å². The van der Waals surface area contributed by atoms with Crippen molar-refractivity contribution in [3.05, 3.63) is 83.6 Å². The first-order valence-electron chi connectivity index (χ1n) is 13.4. The molecule has 0 aliphatic carbocycles. The number of halogens is 3. The zero-order chi connectivity index (χ0) is 34.0. The van der Waals surface area contributed by atoms with Crippen LogP contribution in [0.25, 0.3) is 5.69 Å². The second kappa shape index (κ2) is 13.0. The van der Waals surface area contributed by atoms with Crippen molar-refractivity contribution in [2.24, 2.45) is 0 Å². The van der Waals surface area contributed by atoms with E-state index in [0.717, 1.165) is 17.5 Å². The lowest BCUT2D eigenvalue weighted by atomic mass is 9.87. The summed E-state index contributed by atoms with van der Waals surface area (Å²) in [6, 6.07) is 14.7. The van der Waals surface area contributed by atoms with Gasteiger partial charge in [-0.15, -0.1) is 0 Å². The average Bonchev–Trinajstić information content (AvgIpc) is 3.66. The van der Waals surface area contributed by atoms with Crippen molar-refractivity contribution in [1.82, 2.24) is 24.6 Å². The SMILES string of the molecule is COc1ccc(C2CN(c3ccc(-n4ccnc4CN(C)C(C)=O)cc3)C(=O)c3[nH]nc(S(C)(=O)=O)c32)cc1.O=C(O)C(F)(F)F. The number of rotatable bonds is 7. The van der Waals surface area contributed by atoms with Crippen LogP contribution in [0.1, 0.15) is 40.3 Å².